The van der Waals surface area contributed by atoms with E-state index in [9.17, 15) is 4.79 Å². The number of nitrogens with zero attached hydrogens (tertiary/aromatic N) is 2. The zero-order valence-electron chi connectivity index (χ0n) is 19.0. The van der Waals surface area contributed by atoms with Gasteiger partial charge in [-0.25, -0.2) is 9.78 Å². The van der Waals surface area contributed by atoms with E-state index in [-0.39, 0.29) is 35.4 Å². The lowest BCUT2D eigenvalue weighted by molar-refractivity contribution is 0.0502. The minimum absolute atomic E-state index is 0. The van der Waals surface area contributed by atoms with E-state index in [0.717, 1.165) is 18.6 Å². The fourth-order valence-corrected chi connectivity index (χ4v) is 2.39. The van der Waals surface area contributed by atoms with E-state index in [0.29, 0.717) is 24.9 Å². The number of guanidine groups is 1. The Morgan fingerprint density at radius 2 is 1.90 bits per heavy atom. The predicted molar refractivity (Wildman–Crippen MR) is 127 cm³/mol. The van der Waals surface area contributed by atoms with Gasteiger partial charge in [0, 0.05) is 25.0 Å². The molecule has 168 valence electrons. The number of aliphatic imine (C=N–C) groups is 1. The second-order valence-corrected chi connectivity index (χ2v) is 8.81. The molecule has 0 bridgehead atoms. The van der Waals surface area contributed by atoms with Gasteiger partial charge in [0.25, 0.3) is 0 Å². The molecule has 1 unspecified atom stereocenters. The number of hydrogen-bond donors (Lipinski definition) is 3. The summed E-state index contributed by atoms with van der Waals surface area (Å²) in [6.07, 6.45) is 3.12. The third kappa shape index (κ3) is 11.3. The number of halogens is 1. The number of nitrogens with one attached hydrogen (secondary N) is 3. The minimum atomic E-state index is -0.520. The maximum atomic E-state index is 12.0. The van der Waals surface area contributed by atoms with Crippen LogP contribution < -0.4 is 16.0 Å². The van der Waals surface area contributed by atoms with Crippen LogP contribution in [0.15, 0.2) is 15.6 Å². The number of amides is 1. The molecule has 0 fully saturated rings. The number of carbonyl (C=O) groups excluding carboxylic acids is 1. The molecule has 1 aromatic heterocycles. The van der Waals surface area contributed by atoms with Gasteiger partial charge in [-0.3, -0.25) is 4.99 Å². The van der Waals surface area contributed by atoms with E-state index in [4.69, 9.17) is 9.15 Å². The molecule has 0 saturated heterocycles. The largest absolute Gasteiger partial charge is 0.444 e. The highest BCUT2D eigenvalue weighted by molar-refractivity contribution is 14.0. The third-order valence-electron chi connectivity index (χ3n) is 3.80. The molecule has 3 N–H and O–H groups in total. The van der Waals surface area contributed by atoms with Gasteiger partial charge in [-0.15, -0.1) is 24.0 Å². The summed E-state index contributed by atoms with van der Waals surface area (Å²) in [5.41, 5.74) is -0.598. The second kappa shape index (κ2) is 12.2. The summed E-state index contributed by atoms with van der Waals surface area (Å²) in [6, 6.07) is -0.0624. The van der Waals surface area contributed by atoms with Crippen molar-refractivity contribution < 1.29 is 13.9 Å². The van der Waals surface area contributed by atoms with Crippen molar-refractivity contribution >= 4 is 36.0 Å². The molecule has 1 heterocycles. The average Bonchev–Trinajstić information content (AvgIpc) is 3.02. The van der Waals surface area contributed by atoms with E-state index in [1.54, 1.807) is 13.2 Å². The number of oxazole rings is 1. The van der Waals surface area contributed by atoms with Crippen molar-refractivity contribution in [2.24, 2.45) is 4.99 Å². The Bertz CT molecular complexity index is 647. The van der Waals surface area contributed by atoms with Gasteiger partial charge in [-0.2, -0.15) is 0 Å². The van der Waals surface area contributed by atoms with Crippen LogP contribution in [0.5, 0.6) is 0 Å². The number of alkyl carbamates (subject to hydrolysis) is 1. The van der Waals surface area contributed by atoms with Gasteiger partial charge in [0.15, 0.2) is 5.96 Å². The normalized spacial score (nSPS) is 13.3. The van der Waals surface area contributed by atoms with Gasteiger partial charge < -0.3 is 25.1 Å². The first-order valence-corrected chi connectivity index (χ1v) is 9.83. The van der Waals surface area contributed by atoms with Crippen molar-refractivity contribution in [1.29, 1.82) is 0 Å². The molecule has 9 heteroatoms. The summed E-state index contributed by atoms with van der Waals surface area (Å²) >= 11 is 0. The van der Waals surface area contributed by atoms with Crippen LogP contribution >= 0.6 is 24.0 Å². The monoisotopic (exact) mass is 523 g/mol. The van der Waals surface area contributed by atoms with E-state index >= 15 is 0 Å². The Labute approximate surface area is 192 Å². The van der Waals surface area contributed by atoms with Crippen LogP contribution in [-0.4, -0.2) is 42.3 Å². The predicted octanol–water partition coefficient (Wildman–Crippen LogP) is 3.95. The standard InChI is InChI=1S/C20H37N5O3.HI/c1-9-10-14(25-18(26)28-20(5,6)7)11-23-17(21-8)24-13-16-22-12-15(27-16)19(2,3)4;/h12,14H,9-11,13H2,1-8H3,(H,25,26)(H2,21,23,24);1H. The SMILES string of the molecule is CCCC(CNC(=NC)NCc1ncc(C(C)(C)C)o1)NC(=O)OC(C)(C)C.I. The topological polar surface area (TPSA) is 101 Å². The van der Waals surface area contributed by atoms with E-state index in [1.807, 2.05) is 20.8 Å². The van der Waals surface area contributed by atoms with E-state index in [2.05, 4.69) is 53.6 Å². The molecule has 0 aromatic carbocycles. The van der Waals surface area contributed by atoms with Crippen LogP contribution in [0, 0.1) is 0 Å². The van der Waals surface area contributed by atoms with Gasteiger partial charge in [0.05, 0.1) is 12.7 Å². The number of hydrogen-bond acceptors (Lipinski definition) is 5. The molecular weight excluding hydrogens is 485 g/mol. The molecule has 1 aromatic rings. The van der Waals surface area contributed by atoms with Gasteiger partial charge in [-0.05, 0) is 27.2 Å². The zero-order chi connectivity index (χ0) is 21.4. The second-order valence-electron chi connectivity index (χ2n) is 8.81. The van der Waals surface area contributed by atoms with Crippen LogP contribution in [0.1, 0.15) is 73.0 Å². The highest BCUT2D eigenvalue weighted by Gasteiger charge is 2.20. The fourth-order valence-electron chi connectivity index (χ4n) is 2.39. The lowest BCUT2D eigenvalue weighted by Gasteiger charge is -2.24. The first-order valence-electron chi connectivity index (χ1n) is 9.83. The van der Waals surface area contributed by atoms with Gasteiger partial charge in [-0.1, -0.05) is 34.1 Å². The van der Waals surface area contributed by atoms with Crippen LogP contribution in [0.4, 0.5) is 4.79 Å². The number of aromatic nitrogens is 1. The Balaban J connectivity index is 0.00000784. The molecule has 0 aliphatic heterocycles. The Morgan fingerprint density at radius 1 is 1.24 bits per heavy atom. The van der Waals surface area contributed by atoms with Crippen molar-refractivity contribution in [2.75, 3.05) is 13.6 Å². The molecule has 1 rings (SSSR count). The average molecular weight is 523 g/mol. The van der Waals surface area contributed by atoms with Crippen LogP contribution in [0.3, 0.4) is 0 Å². The van der Waals surface area contributed by atoms with E-state index < -0.39 is 11.7 Å². The lowest BCUT2D eigenvalue weighted by Crippen LogP contribution is -2.48. The molecule has 0 radical (unpaired) electrons. The van der Waals surface area contributed by atoms with Gasteiger partial charge >= 0.3 is 6.09 Å². The zero-order valence-corrected chi connectivity index (χ0v) is 21.3. The molecular formula is C20H38IN5O3. The molecule has 0 spiro atoms. The lowest BCUT2D eigenvalue weighted by atomic mass is 9.94. The minimum Gasteiger partial charge on any atom is -0.444 e. The highest BCUT2D eigenvalue weighted by atomic mass is 127. The number of ether oxygens (including phenoxy) is 1. The summed E-state index contributed by atoms with van der Waals surface area (Å²) in [4.78, 5) is 20.5. The Hall–Kier alpha value is -1.52. The quantitative estimate of drug-likeness (QED) is 0.284. The van der Waals surface area contributed by atoms with Crippen molar-refractivity contribution in [3.8, 4) is 0 Å². The smallest absolute Gasteiger partial charge is 0.407 e. The van der Waals surface area contributed by atoms with Gasteiger partial charge in [0.2, 0.25) is 5.89 Å². The van der Waals surface area contributed by atoms with Crippen LogP contribution in [0.25, 0.3) is 0 Å². The first-order chi connectivity index (χ1) is 12.9. The molecule has 1 atom stereocenters. The Morgan fingerprint density at radius 3 is 2.38 bits per heavy atom. The van der Waals surface area contributed by atoms with Crippen LogP contribution in [-0.2, 0) is 16.7 Å². The molecule has 0 aliphatic rings. The maximum Gasteiger partial charge on any atom is 0.407 e. The highest BCUT2D eigenvalue weighted by Crippen LogP contribution is 2.22. The van der Waals surface area contributed by atoms with E-state index in [1.165, 1.54) is 0 Å². The molecule has 1 amide bonds. The summed E-state index contributed by atoms with van der Waals surface area (Å²) in [5.74, 6) is 2.06. The summed E-state index contributed by atoms with van der Waals surface area (Å²) < 4.78 is 11.1. The molecule has 29 heavy (non-hydrogen) atoms. The summed E-state index contributed by atoms with van der Waals surface area (Å²) in [5, 5.41) is 9.32. The van der Waals surface area contributed by atoms with Crippen molar-refractivity contribution in [2.45, 2.75) is 84.9 Å². The van der Waals surface area contributed by atoms with Crippen molar-refractivity contribution in [3.05, 3.63) is 17.8 Å². The number of carbonyl (C=O) groups is 1. The first kappa shape index (κ1) is 27.5. The Kier molecular flexibility index (Phi) is 11.6. The van der Waals surface area contributed by atoms with Crippen molar-refractivity contribution in [3.63, 3.8) is 0 Å². The maximum absolute atomic E-state index is 12.0. The molecule has 8 nitrogen and oxygen atoms in total. The van der Waals surface area contributed by atoms with Crippen LogP contribution in [0.2, 0.25) is 0 Å². The van der Waals surface area contributed by atoms with Crippen molar-refractivity contribution in [1.82, 2.24) is 20.9 Å². The van der Waals surface area contributed by atoms with Gasteiger partial charge in [0.1, 0.15) is 11.4 Å². The fraction of sp³-hybridized carbons (Fsp3) is 0.750. The third-order valence-corrected chi connectivity index (χ3v) is 3.80. The number of rotatable bonds is 7. The summed E-state index contributed by atoms with van der Waals surface area (Å²) in [7, 11) is 1.70. The molecule has 0 saturated carbocycles. The molecule has 0 aliphatic carbocycles. The summed E-state index contributed by atoms with van der Waals surface area (Å²) in [6.45, 7) is 14.8.